The van der Waals surface area contributed by atoms with Gasteiger partial charge in [0.1, 0.15) is 18.7 Å². The second-order valence-corrected chi connectivity index (χ2v) is 4.83. The van der Waals surface area contributed by atoms with Gasteiger partial charge in [-0.2, -0.15) is 0 Å². The van der Waals surface area contributed by atoms with E-state index in [9.17, 15) is 10.1 Å². The maximum Gasteiger partial charge on any atom is 0.348 e. The van der Waals surface area contributed by atoms with Crippen molar-refractivity contribution in [2.75, 3.05) is 18.1 Å². The Labute approximate surface area is 125 Å². The smallest absolute Gasteiger partial charge is 0.348 e. The number of hydrogen-bond acceptors (Lipinski definition) is 6. The van der Waals surface area contributed by atoms with Gasteiger partial charge in [-0.05, 0) is 6.07 Å². The molecular formula is C13H11ClN4O3. The zero-order chi connectivity index (χ0) is 14.8. The molecule has 7 nitrogen and oxygen atoms in total. The molecule has 8 heteroatoms. The number of nitrogens with zero attached hydrogens (tertiary/aromatic N) is 4. The van der Waals surface area contributed by atoms with Crippen molar-refractivity contribution in [2.24, 2.45) is 0 Å². The Morgan fingerprint density at radius 1 is 1.33 bits per heavy atom. The van der Waals surface area contributed by atoms with Gasteiger partial charge < -0.3 is 9.64 Å². The lowest BCUT2D eigenvalue weighted by atomic mass is 10.2. The average molecular weight is 307 g/mol. The van der Waals surface area contributed by atoms with Crippen LogP contribution in [0.25, 0.3) is 0 Å². The third kappa shape index (κ3) is 2.59. The molecule has 0 spiro atoms. The van der Waals surface area contributed by atoms with Crippen molar-refractivity contribution in [3.05, 3.63) is 51.4 Å². The van der Waals surface area contributed by atoms with Crippen LogP contribution in [0.5, 0.6) is 5.75 Å². The summed E-state index contributed by atoms with van der Waals surface area (Å²) in [5.74, 6) is 0.989. The highest BCUT2D eigenvalue weighted by molar-refractivity contribution is 6.31. The van der Waals surface area contributed by atoms with E-state index in [1.807, 2.05) is 24.3 Å². The molecule has 1 aromatic heterocycles. The second-order valence-electron chi connectivity index (χ2n) is 4.47. The van der Waals surface area contributed by atoms with E-state index in [1.165, 1.54) is 6.33 Å². The molecule has 2 heterocycles. The molecule has 0 unspecified atom stereocenters. The van der Waals surface area contributed by atoms with E-state index in [4.69, 9.17) is 16.3 Å². The Hall–Kier alpha value is -2.41. The van der Waals surface area contributed by atoms with Crippen molar-refractivity contribution < 1.29 is 9.66 Å². The lowest BCUT2D eigenvalue weighted by Gasteiger charge is -2.20. The van der Waals surface area contributed by atoms with E-state index in [2.05, 4.69) is 9.97 Å². The van der Waals surface area contributed by atoms with Crippen molar-refractivity contribution in [3.8, 4) is 5.75 Å². The zero-order valence-corrected chi connectivity index (χ0v) is 11.7. The van der Waals surface area contributed by atoms with Gasteiger partial charge in [0.2, 0.25) is 11.0 Å². The normalized spacial score (nSPS) is 14.0. The summed E-state index contributed by atoms with van der Waals surface area (Å²) >= 11 is 5.83. The number of aromatic nitrogens is 2. The number of halogens is 1. The topological polar surface area (TPSA) is 81.4 Å². The lowest BCUT2D eigenvalue weighted by Crippen LogP contribution is -2.27. The highest BCUT2D eigenvalue weighted by Gasteiger charge is 2.27. The number of rotatable bonds is 2. The summed E-state index contributed by atoms with van der Waals surface area (Å²) in [6, 6.07) is 7.58. The summed E-state index contributed by atoms with van der Waals surface area (Å²) in [5, 5.41) is 11.0. The summed E-state index contributed by atoms with van der Waals surface area (Å²) < 4.78 is 5.64. The van der Waals surface area contributed by atoms with Crippen LogP contribution in [0, 0.1) is 10.1 Å². The van der Waals surface area contributed by atoms with Gasteiger partial charge in [-0.1, -0.05) is 29.8 Å². The molecule has 0 saturated carbocycles. The molecular weight excluding hydrogens is 296 g/mol. The van der Waals surface area contributed by atoms with Gasteiger partial charge in [-0.25, -0.2) is 9.97 Å². The fraction of sp³-hybridized carbons (Fsp3) is 0.231. The number of hydrogen-bond donors (Lipinski definition) is 0. The SMILES string of the molecule is O=[N+]([O-])c1c(Cl)ncnc1N1CCOc2ccccc2C1. The summed E-state index contributed by atoms with van der Waals surface area (Å²) in [6.07, 6.45) is 1.22. The van der Waals surface area contributed by atoms with Crippen molar-refractivity contribution >= 4 is 23.1 Å². The molecule has 1 aliphatic heterocycles. The first-order valence-electron chi connectivity index (χ1n) is 6.27. The monoisotopic (exact) mass is 306 g/mol. The number of para-hydroxylation sites is 1. The van der Waals surface area contributed by atoms with Gasteiger partial charge in [0.15, 0.2) is 0 Å². The Balaban J connectivity index is 2.02. The van der Waals surface area contributed by atoms with Gasteiger partial charge in [-0.15, -0.1) is 0 Å². The number of anilines is 1. The molecule has 108 valence electrons. The molecule has 0 N–H and O–H groups in total. The summed E-state index contributed by atoms with van der Waals surface area (Å²) in [4.78, 5) is 20.1. The zero-order valence-electron chi connectivity index (χ0n) is 10.9. The van der Waals surface area contributed by atoms with Crippen molar-refractivity contribution in [3.63, 3.8) is 0 Å². The highest BCUT2D eigenvalue weighted by atomic mass is 35.5. The van der Waals surface area contributed by atoms with Gasteiger partial charge in [0.05, 0.1) is 11.5 Å². The average Bonchev–Trinajstić information content (AvgIpc) is 2.68. The van der Waals surface area contributed by atoms with E-state index in [0.717, 1.165) is 11.3 Å². The number of nitro groups is 1. The van der Waals surface area contributed by atoms with Crippen LogP contribution in [0.3, 0.4) is 0 Å². The van der Waals surface area contributed by atoms with Crippen molar-refractivity contribution in [2.45, 2.75) is 6.54 Å². The Morgan fingerprint density at radius 3 is 2.95 bits per heavy atom. The van der Waals surface area contributed by atoms with Gasteiger partial charge in [0, 0.05) is 12.1 Å². The van der Waals surface area contributed by atoms with Crippen LogP contribution in [0.2, 0.25) is 5.15 Å². The van der Waals surface area contributed by atoms with Crippen LogP contribution in [0.4, 0.5) is 11.5 Å². The third-order valence-corrected chi connectivity index (χ3v) is 3.47. The number of fused-ring (bicyclic) bond motifs is 1. The van der Waals surface area contributed by atoms with Crippen LogP contribution < -0.4 is 9.64 Å². The quantitative estimate of drug-likeness (QED) is 0.481. The Bertz CT molecular complexity index is 695. The third-order valence-electron chi connectivity index (χ3n) is 3.19. The minimum atomic E-state index is -0.560. The minimum Gasteiger partial charge on any atom is -0.491 e. The molecule has 0 fully saturated rings. The largest absolute Gasteiger partial charge is 0.491 e. The van der Waals surface area contributed by atoms with Crippen LogP contribution in [0.1, 0.15) is 5.56 Å². The predicted molar refractivity (Wildman–Crippen MR) is 76.7 cm³/mol. The van der Waals surface area contributed by atoms with Gasteiger partial charge >= 0.3 is 5.69 Å². The van der Waals surface area contributed by atoms with Crippen LogP contribution >= 0.6 is 11.6 Å². The van der Waals surface area contributed by atoms with E-state index in [0.29, 0.717) is 19.7 Å². The van der Waals surface area contributed by atoms with E-state index >= 15 is 0 Å². The molecule has 0 bridgehead atoms. The predicted octanol–water partition coefficient (Wildman–Crippen LogP) is 2.44. The minimum absolute atomic E-state index is 0.163. The van der Waals surface area contributed by atoms with E-state index in [-0.39, 0.29) is 16.7 Å². The maximum atomic E-state index is 11.2. The molecule has 1 aromatic carbocycles. The van der Waals surface area contributed by atoms with Crippen LogP contribution in [0.15, 0.2) is 30.6 Å². The standard InChI is InChI=1S/C13H11ClN4O3/c14-12-11(18(19)20)13(16-8-15-12)17-5-6-21-10-4-2-1-3-9(10)7-17/h1-4,8H,5-7H2. The molecule has 0 atom stereocenters. The van der Waals surface area contributed by atoms with Crippen LogP contribution in [-0.4, -0.2) is 28.0 Å². The summed E-state index contributed by atoms with van der Waals surface area (Å²) in [6.45, 7) is 1.35. The first-order chi connectivity index (χ1) is 10.2. The maximum absolute atomic E-state index is 11.2. The summed E-state index contributed by atoms with van der Waals surface area (Å²) in [7, 11) is 0. The lowest BCUT2D eigenvalue weighted by molar-refractivity contribution is -0.384. The molecule has 0 radical (unpaired) electrons. The molecule has 0 aliphatic carbocycles. The fourth-order valence-electron chi connectivity index (χ4n) is 2.24. The molecule has 1 aliphatic rings. The molecule has 0 amide bonds. The molecule has 3 rings (SSSR count). The van der Waals surface area contributed by atoms with Crippen molar-refractivity contribution in [1.29, 1.82) is 0 Å². The summed E-state index contributed by atoms with van der Waals surface area (Å²) in [5.41, 5.74) is 0.664. The van der Waals surface area contributed by atoms with E-state index in [1.54, 1.807) is 4.90 Å². The van der Waals surface area contributed by atoms with Crippen molar-refractivity contribution in [1.82, 2.24) is 9.97 Å². The second kappa shape index (κ2) is 5.53. The Kier molecular flexibility index (Phi) is 3.57. The molecule has 21 heavy (non-hydrogen) atoms. The number of benzene rings is 1. The first kappa shape index (κ1) is 13.6. The first-order valence-corrected chi connectivity index (χ1v) is 6.65. The van der Waals surface area contributed by atoms with Crippen LogP contribution in [-0.2, 0) is 6.54 Å². The Morgan fingerprint density at radius 2 is 2.14 bits per heavy atom. The fourth-order valence-corrected chi connectivity index (χ4v) is 2.44. The van der Waals surface area contributed by atoms with Gasteiger partial charge in [-0.3, -0.25) is 10.1 Å². The van der Waals surface area contributed by atoms with E-state index < -0.39 is 4.92 Å². The molecule has 0 saturated heterocycles. The highest BCUT2D eigenvalue weighted by Crippen LogP contribution is 2.33. The van der Waals surface area contributed by atoms with Gasteiger partial charge in [0.25, 0.3) is 0 Å². The molecule has 2 aromatic rings. The number of ether oxygens (including phenoxy) is 1.